The molecule has 1 N–H and O–H groups in total. The van der Waals surface area contributed by atoms with E-state index in [-0.39, 0.29) is 6.04 Å². The Balaban J connectivity index is 1.85. The summed E-state index contributed by atoms with van der Waals surface area (Å²) in [6.07, 6.45) is 1.54. The second-order valence-electron chi connectivity index (χ2n) is 4.94. The molecule has 0 spiro atoms. The Morgan fingerprint density at radius 1 is 1.32 bits per heavy atom. The SMILES string of the molecule is COc1cccc2cc([C@H](C)Nc3ccc(C#N)cn3)oc12. The van der Waals surface area contributed by atoms with Crippen LogP contribution in [0.1, 0.15) is 24.3 Å². The quantitative estimate of drug-likeness (QED) is 0.790. The molecule has 0 fully saturated rings. The lowest BCUT2D eigenvalue weighted by Crippen LogP contribution is -2.06. The fourth-order valence-electron chi connectivity index (χ4n) is 2.27. The van der Waals surface area contributed by atoms with Crippen molar-refractivity contribution in [3.05, 3.63) is 53.9 Å². The second-order valence-corrected chi connectivity index (χ2v) is 4.94. The number of benzene rings is 1. The van der Waals surface area contributed by atoms with Crippen molar-refractivity contribution >= 4 is 16.8 Å². The molecule has 110 valence electrons. The first-order valence-electron chi connectivity index (χ1n) is 6.90. The van der Waals surface area contributed by atoms with Gasteiger partial charge in [0.1, 0.15) is 17.6 Å². The van der Waals surface area contributed by atoms with Gasteiger partial charge in [-0.05, 0) is 31.2 Å². The average Bonchev–Trinajstić information content (AvgIpc) is 2.99. The van der Waals surface area contributed by atoms with Crippen LogP contribution in [0.2, 0.25) is 0 Å². The molecule has 0 saturated heterocycles. The summed E-state index contributed by atoms with van der Waals surface area (Å²) in [7, 11) is 1.62. The summed E-state index contributed by atoms with van der Waals surface area (Å²) >= 11 is 0. The number of aromatic nitrogens is 1. The van der Waals surface area contributed by atoms with Crippen molar-refractivity contribution in [1.82, 2.24) is 4.98 Å². The van der Waals surface area contributed by atoms with Gasteiger partial charge in [-0.25, -0.2) is 4.98 Å². The molecule has 2 heterocycles. The van der Waals surface area contributed by atoms with Crippen molar-refractivity contribution in [1.29, 1.82) is 5.26 Å². The number of pyridine rings is 1. The van der Waals surface area contributed by atoms with Crippen LogP contribution in [0.3, 0.4) is 0 Å². The molecule has 3 rings (SSSR count). The van der Waals surface area contributed by atoms with E-state index in [0.717, 1.165) is 16.7 Å². The number of nitrogens with one attached hydrogen (secondary N) is 1. The van der Waals surface area contributed by atoms with Gasteiger partial charge in [0.15, 0.2) is 11.3 Å². The fraction of sp³-hybridized carbons (Fsp3) is 0.176. The number of methoxy groups -OCH3 is 1. The maximum atomic E-state index is 8.78. The Labute approximate surface area is 128 Å². The fourth-order valence-corrected chi connectivity index (χ4v) is 2.27. The summed E-state index contributed by atoms with van der Waals surface area (Å²) in [5, 5.41) is 13.0. The summed E-state index contributed by atoms with van der Waals surface area (Å²) in [5.74, 6) is 2.21. The number of hydrogen-bond acceptors (Lipinski definition) is 5. The molecule has 0 unspecified atom stereocenters. The molecule has 0 bridgehead atoms. The van der Waals surface area contributed by atoms with Crippen LogP contribution in [0.25, 0.3) is 11.0 Å². The number of nitriles is 1. The van der Waals surface area contributed by atoms with Crippen molar-refractivity contribution in [2.75, 3.05) is 12.4 Å². The van der Waals surface area contributed by atoms with E-state index in [1.165, 1.54) is 6.20 Å². The van der Waals surface area contributed by atoms with Crippen molar-refractivity contribution in [2.45, 2.75) is 13.0 Å². The summed E-state index contributed by atoms with van der Waals surface area (Å²) in [4.78, 5) is 4.20. The topological polar surface area (TPSA) is 71.1 Å². The highest BCUT2D eigenvalue weighted by Gasteiger charge is 2.14. The Morgan fingerprint density at radius 3 is 2.86 bits per heavy atom. The highest BCUT2D eigenvalue weighted by Crippen LogP contribution is 2.31. The van der Waals surface area contributed by atoms with E-state index in [2.05, 4.69) is 10.3 Å². The number of fused-ring (bicyclic) bond motifs is 1. The Bertz CT molecular complexity index is 831. The molecule has 22 heavy (non-hydrogen) atoms. The molecule has 2 aromatic heterocycles. The van der Waals surface area contributed by atoms with Gasteiger partial charge in [-0.1, -0.05) is 12.1 Å². The number of anilines is 1. The van der Waals surface area contributed by atoms with Crippen LogP contribution >= 0.6 is 0 Å². The lowest BCUT2D eigenvalue weighted by atomic mass is 10.2. The summed E-state index contributed by atoms with van der Waals surface area (Å²) < 4.78 is 11.2. The Morgan fingerprint density at radius 2 is 2.18 bits per heavy atom. The zero-order valence-corrected chi connectivity index (χ0v) is 12.3. The van der Waals surface area contributed by atoms with Crippen molar-refractivity contribution in [2.24, 2.45) is 0 Å². The molecule has 5 heteroatoms. The lowest BCUT2D eigenvalue weighted by Gasteiger charge is -2.11. The minimum atomic E-state index is -0.0578. The highest BCUT2D eigenvalue weighted by atomic mass is 16.5. The zero-order chi connectivity index (χ0) is 15.5. The Hall–Kier alpha value is -3.00. The molecule has 0 aliphatic carbocycles. The van der Waals surface area contributed by atoms with E-state index in [9.17, 15) is 0 Å². The third kappa shape index (κ3) is 2.59. The second kappa shape index (κ2) is 5.78. The smallest absolute Gasteiger partial charge is 0.176 e. The first kappa shape index (κ1) is 14.0. The van der Waals surface area contributed by atoms with E-state index in [0.29, 0.717) is 17.1 Å². The Kier molecular flexibility index (Phi) is 3.67. The minimum Gasteiger partial charge on any atom is -0.493 e. The molecule has 0 aliphatic rings. The average molecular weight is 293 g/mol. The number of para-hydroxylation sites is 1. The molecule has 0 saturated carbocycles. The van der Waals surface area contributed by atoms with Gasteiger partial charge < -0.3 is 14.5 Å². The number of furan rings is 1. The van der Waals surface area contributed by atoms with Crippen molar-refractivity contribution in [3.8, 4) is 11.8 Å². The molecule has 0 aliphatic heterocycles. The number of rotatable bonds is 4. The normalized spacial score (nSPS) is 11.9. The summed E-state index contributed by atoms with van der Waals surface area (Å²) in [6.45, 7) is 1.99. The molecular weight excluding hydrogens is 278 g/mol. The van der Waals surface area contributed by atoms with Gasteiger partial charge in [-0.15, -0.1) is 0 Å². The number of hydrogen-bond donors (Lipinski definition) is 1. The number of nitrogens with zero attached hydrogens (tertiary/aromatic N) is 2. The molecule has 1 atom stereocenters. The van der Waals surface area contributed by atoms with E-state index in [1.807, 2.05) is 37.3 Å². The van der Waals surface area contributed by atoms with Gasteiger partial charge in [-0.2, -0.15) is 5.26 Å². The van der Waals surface area contributed by atoms with Gasteiger partial charge >= 0.3 is 0 Å². The highest BCUT2D eigenvalue weighted by molar-refractivity contribution is 5.83. The predicted octanol–water partition coefficient (Wildman–Crippen LogP) is 3.88. The van der Waals surface area contributed by atoms with E-state index in [4.69, 9.17) is 14.4 Å². The standard InChI is InChI=1S/C17H15N3O2/c1-11(20-16-7-6-12(9-18)10-19-16)15-8-13-4-3-5-14(21-2)17(13)22-15/h3-8,10-11H,1-2H3,(H,19,20)/t11-/m0/s1. The molecule has 0 radical (unpaired) electrons. The van der Waals surface area contributed by atoms with Gasteiger partial charge in [0.2, 0.25) is 0 Å². The molecule has 0 amide bonds. The molecular formula is C17H15N3O2. The van der Waals surface area contributed by atoms with Gasteiger partial charge in [-0.3, -0.25) is 0 Å². The van der Waals surface area contributed by atoms with E-state index >= 15 is 0 Å². The van der Waals surface area contributed by atoms with Crippen LogP contribution in [0.4, 0.5) is 5.82 Å². The monoisotopic (exact) mass is 293 g/mol. The maximum absolute atomic E-state index is 8.78. The third-order valence-electron chi connectivity index (χ3n) is 3.43. The van der Waals surface area contributed by atoms with Gasteiger partial charge in [0.05, 0.1) is 18.7 Å². The van der Waals surface area contributed by atoms with Gasteiger partial charge in [0.25, 0.3) is 0 Å². The predicted molar refractivity (Wildman–Crippen MR) is 83.8 cm³/mol. The first-order valence-corrected chi connectivity index (χ1v) is 6.90. The van der Waals surface area contributed by atoms with Crippen molar-refractivity contribution in [3.63, 3.8) is 0 Å². The zero-order valence-electron chi connectivity index (χ0n) is 12.3. The van der Waals surface area contributed by atoms with Crippen LogP contribution in [0.15, 0.2) is 47.0 Å². The van der Waals surface area contributed by atoms with E-state index < -0.39 is 0 Å². The van der Waals surface area contributed by atoms with Crippen LogP contribution in [-0.4, -0.2) is 12.1 Å². The largest absolute Gasteiger partial charge is 0.493 e. The summed E-state index contributed by atoms with van der Waals surface area (Å²) in [5.41, 5.74) is 1.27. The molecule has 3 aromatic rings. The lowest BCUT2D eigenvalue weighted by molar-refractivity contribution is 0.406. The molecule has 1 aromatic carbocycles. The first-order chi connectivity index (χ1) is 10.7. The van der Waals surface area contributed by atoms with Crippen LogP contribution in [-0.2, 0) is 0 Å². The molecule has 5 nitrogen and oxygen atoms in total. The van der Waals surface area contributed by atoms with Crippen molar-refractivity contribution < 1.29 is 9.15 Å². The summed E-state index contributed by atoms with van der Waals surface area (Å²) in [6, 6.07) is 13.3. The van der Waals surface area contributed by atoms with Crippen LogP contribution in [0.5, 0.6) is 5.75 Å². The van der Waals surface area contributed by atoms with Crippen LogP contribution < -0.4 is 10.1 Å². The van der Waals surface area contributed by atoms with Gasteiger partial charge in [0, 0.05) is 11.6 Å². The number of ether oxygens (including phenoxy) is 1. The maximum Gasteiger partial charge on any atom is 0.176 e. The minimum absolute atomic E-state index is 0.0578. The van der Waals surface area contributed by atoms with E-state index in [1.54, 1.807) is 19.2 Å². The third-order valence-corrected chi connectivity index (χ3v) is 3.43. The van der Waals surface area contributed by atoms with Crippen LogP contribution in [0, 0.1) is 11.3 Å².